The number of fused-ring (bicyclic) bond motifs is 1. The van der Waals surface area contributed by atoms with Gasteiger partial charge in [0.05, 0.1) is 10.9 Å². The quantitative estimate of drug-likeness (QED) is 0.540. The summed E-state index contributed by atoms with van der Waals surface area (Å²) < 4.78 is 6.01. The summed E-state index contributed by atoms with van der Waals surface area (Å²) >= 11 is 0. The van der Waals surface area contributed by atoms with Crippen molar-refractivity contribution in [1.82, 2.24) is 9.78 Å². The van der Waals surface area contributed by atoms with Crippen LogP contribution in [-0.4, -0.2) is 22.2 Å². The SMILES string of the molecule is CC(=O)Oc1nn(C=O)c2ccccc12. The molecule has 0 spiro atoms. The van der Waals surface area contributed by atoms with E-state index >= 15 is 0 Å². The fourth-order valence-electron chi connectivity index (χ4n) is 1.35. The van der Waals surface area contributed by atoms with Crippen LogP contribution in [0.2, 0.25) is 0 Å². The van der Waals surface area contributed by atoms with E-state index in [1.54, 1.807) is 24.3 Å². The molecule has 0 bridgehead atoms. The normalized spacial score (nSPS) is 10.2. The minimum atomic E-state index is -0.462. The lowest BCUT2D eigenvalue weighted by molar-refractivity contribution is -0.132. The number of benzene rings is 1. The van der Waals surface area contributed by atoms with Gasteiger partial charge in [0, 0.05) is 6.92 Å². The molecule has 0 saturated heterocycles. The fourth-order valence-corrected chi connectivity index (χ4v) is 1.35. The van der Waals surface area contributed by atoms with Crippen molar-refractivity contribution < 1.29 is 14.3 Å². The van der Waals surface area contributed by atoms with Gasteiger partial charge in [-0.1, -0.05) is 12.1 Å². The number of carbonyl (C=O) groups excluding carboxylic acids is 2. The number of ether oxygens (including phenoxy) is 1. The minimum Gasteiger partial charge on any atom is -0.405 e. The maximum Gasteiger partial charge on any atom is 0.309 e. The van der Waals surface area contributed by atoms with Crippen molar-refractivity contribution in [2.75, 3.05) is 0 Å². The maximum absolute atomic E-state index is 10.8. The van der Waals surface area contributed by atoms with E-state index in [4.69, 9.17) is 4.74 Å². The van der Waals surface area contributed by atoms with E-state index in [1.807, 2.05) is 0 Å². The van der Waals surface area contributed by atoms with E-state index in [0.717, 1.165) is 4.68 Å². The molecule has 0 aliphatic heterocycles. The lowest BCUT2D eigenvalue weighted by Crippen LogP contribution is -2.03. The molecule has 76 valence electrons. The molecule has 0 aliphatic rings. The predicted octanol–water partition coefficient (Wildman–Crippen LogP) is 1.000. The third-order valence-electron chi connectivity index (χ3n) is 1.92. The lowest BCUT2D eigenvalue weighted by atomic mass is 10.2. The molecule has 0 atom stereocenters. The van der Waals surface area contributed by atoms with Gasteiger partial charge in [0.2, 0.25) is 12.3 Å². The van der Waals surface area contributed by atoms with Crippen molar-refractivity contribution in [3.05, 3.63) is 24.3 Å². The zero-order valence-electron chi connectivity index (χ0n) is 8.01. The van der Waals surface area contributed by atoms with Gasteiger partial charge in [-0.2, -0.15) is 4.68 Å². The van der Waals surface area contributed by atoms with Crippen LogP contribution in [0.25, 0.3) is 10.9 Å². The first kappa shape index (κ1) is 9.39. The van der Waals surface area contributed by atoms with E-state index < -0.39 is 5.97 Å². The van der Waals surface area contributed by atoms with Crippen LogP contribution < -0.4 is 4.74 Å². The zero-order valence-corrected chi connectivity index (χ0v) is 8.01. The van der Waals surface area contributed by atoms with Crippen molar-refractivity contribution in [3.63, 3.8) is 0 Å². The molecule has 0 unspecified atom stereocenters. The number of hydrogen-bond donors (Lipinski definition) is 0. The molecule has 0 N–H and O–H groups in total. The Morgan fingerprint density at radius 2 is 2.20 bits per heavy atom. The highest BCUT2D eigenvalue weighted by Crippen LogP contribution is 2.23. The summed E-state index contributed by atoms with van der Waals surface area (Å²) in [5.41, 5.74) is 0.615. The molecule has 0 saturated carbocycles. The number of esters is 1. The van der Waals surface area contributed by atoms with Gasteiger partial charge in [0.15, 0.2) is 0 Å². The minimum absolute atomic E-state index is 0.158. The smallest absolute Gasteiger partial charge is 0.309 e. The first-order chi connectivity index (χ1) is 7.22. The summed E-state index contributed by atoms with van der Waals surface area (Å²) in [7, 11) is 0. The molecule has 5 heteroatoms. The van der Waals surface area contributed by atoms with Crippen molar-refractivity contribution >= 4 is 23.3 Å². The highest BCUT2D eigenvalue weighted by Gasteiger charge is 2.11. The van der Waals surface area contributed by atoms with Crippen LogP contribution in [0.15, 0.2) is 24.3 Å². The molecule has 1 aromatic carbocycles. The van der Waals surface area contributed by atoms with Crippen LogP contribution in [0.3, 0.4) is 0 Å². The number of carbonyl (C=O) groups is 2. The molecule has 0 radical (unpaired) electrons. The van der Waals surface area contributed by atoms with Crippen molar-refractivity contribution in [2.45, 2.75) is 6.92 Å². The van der Waals surface area contributed by atoms with Crippen molar-refractivity contribution in [2.24, 2.45) is 0 Å². The summed E-state index contributed by atoms with van der Waals surface area (Å²) in [5.74, 6) is -0.304. The Kier molecular flexibility index (Phi) is 2.21. The molecule has 0 aliphatic carbocycles. The summed E-state index contributed by atoms with van der Waals surface area (Å²) in [5, 5.41) is 4.49. The summed E-state index contributed by atoms with van der Waals surface area (Å²) in [4.78, 5) is 21.5. The average molecular weight is 204 g/mol. The third kappa shape index (κ3) is 1.59. The molecule has 1 aromatic heterocycles. The first-order valence-corrected chi connectivity index (χ1v) is 4.33. The van der Waals surface area contributed by atoms with Crippen molar-refractivity contribution in [3.8, 4) is 5.88 Å². The number of rotatable bonds is 2. The van der Waals surface area contributed by atoms with Gasteiger partial charge in [-0.05, 0) is 12.1 Å². The van der Waals surface area contributed by atoms with Crippen LogP contribution in [0.1, 0.15) is 6.92 Å². The van der Waals surface area contributed by atoms with E-state index in [0.29, 0.717) is 17.3 Å². The second kappa shape index (κ2) is 3.53. The van der Waals surface area contributed by atoms with Crippen molar-refractivity contribution in [1.29, 1.82) is 0 Å². The second-order valence-electron chi connectivity index (χ2n) is 2.97. The number of hydrogen-bond acceptors (Lipinski definition) is 4. The van der Waals surface area contributed by atoms with Gasteiger partial charge in [-0.15, -0.1) is 5.10 Å². The summed E-state index contributed by atoms with van der Waals surface area (Å²) in [6, 6.07) is 7.03. The fraction of sp³-hybridized carbons (Fsp3) is 0.100. The topological polar surface area (TPSA) is 61.2 Å². The van der Waals surface area contributed by atoms with Crippen LogP contribution in [0.5, 0.6) is 5.88 Å². The molecule has 5 nitrogen and oxygen atoms in total. The van der Waals surface area contributed by atoms with E-state index in [-0.39, 0.29) is 5.88 Å². The summed E-state index contributed by atoms with van der Waals surface area (Å²) in [6.07, 6.45) is 0.565. The van der Waals surface area contributed by atoms with Gasteiger partial charge in [0.1, 0.15) is 0 Å². The van der Waals surface area contributed by atoms with Crippen LogP contribution in [-0.2, 0) is 9.59 Å². The lowest BCUT2D eigenvalue weighted by Gasteiger charge is -1.94. The summed E-state index contributed by atoms with van der Waals surface area (Å²) in [6.45, 7) is 1.29. The van der Waals surface area contributed by atoms with Gasteiger partial charge in [0.25, 0.3) is 0 Å². The average Bonchev–Trinajstić information content (AvgIpc) is 2.56. The Morgan fingerprint density at radius 1 is 1.47 bits per heavy atom. The van der Waals surface area contributed by atoms with E-state index in [9.17, 15) is 9.59 Å². The number of aromatic nitrogens is 2. The van der Waals surface area contributed by atoms with Gasteiger partial charge < -0.3 is 4.74 Å². The Balaban J connectivity index is 2.64. The molecule has 0 fully saturated rings. The molecule has 0 amide bonds. The molecule has 2 rings (SSSR count). The largest absolute Gasteiger partial charge is 0.405 e. The molecule has 2 aromatic rings. The van der Waals surface area contributed by atoms with Crippen LogP contribution in [0.4, 0.5) is 0 Å². The molecule has 15 heavy (non-hydrogen) atoms. The van der Waals surface area contributed by atoms with Gasteiger partial charge in [-0.25, -0.2) is 0 Å². The number of nitrogens with zero attached hydrogens (tertiary/aromatic N) is 2. The number of para-hydroxylation sites is 1. The first-order valence-electron chi connectivity index (χ1n) is 4.33. The van der Waals surface area contributed by atoms with E-state index in [2.05, 4.69) is 5.10 Å². The monoisotopic (exact) mass is 204 g/mol. The second-order valence-corrected chi connectivity index (χ2v) is 2.97. The highest BCUT2D eigenvalue weighted by atomic mass is 16.5. The Morgan fingerprint density at radius 3 is 2.87 bits per heavy atom. The molecular formula is C10H8N2O3. The predicted molar refractivity (Wildman–Crippen MR) is 53.2 cm³/mol. The van der Waals surface area contributed by atoms with E-state index in [1.165, 1.54) is 6.92 Å². The maximum atomic E-state index is 10.8. The molecule has 1 heterocycles. The Labute approximate surface area is 85.3 Å². The third-order valence-corrected chi connectivity index (χ3v) is 1.92. The van der Waals surface area contributed by atoms with Crippen LogP contribution in [0, 0.1) is 0 Å². The molecular weight excluding hydrogens is 196 g/mol. The highest BCUT2D eigenvalue weighted by molar-refractivity contribution is 5.90. The Hall–Kier alpha value is -2.17. The van der Waals surface area contributed by atoms with Gasteiger partial charge in [-0.3, -0.25) is 9.59 Å². The Bertz CT molecular complexity index is 530. The zero-order chi connectivity index (χ0) is 10.8. The van der Waals surface area contributed by atoms with Crippen LogP contribution >= 0.6 is 0 Å². The standard InChI is InChI=1S/C10H8N2O3/c1-7(14)15-10-8-4-2-3-5-9(8)12(6-13)11-10/h2-6H,1H3. The van der Waals surface area contributed by atoms with Gasteiger partial charge >= 0.3 is 5.97 Å².